The third-order valence-corrected chi connectivity index (χ3v) is 4.79. The average Bonchev–Trinajstić information content (AvgIpc) is 3.22. The molecular weight excluding hydrogens is 366 g/mol. The van der Waals surface area contributed by atoms with Crippen LogP contribution in [0.4, 0.5) is 0 Å². The van der Waals surface area contributed by atoms with Crippen molar-refractivity contribution in [2.45, 2.75) is 26.0 Å². The van der Waals surface area contributed by atoms with Gasteiger partial charge in [0.25, 0.3) is 5.56 Å². The van der Waals surface area contributed by atoms with E-state index in [1.54, 1.807) is 41.8 Å². The summed E-state index contributed by atoms with van der Waals surface area (Å²) in [4.78, 5) is 41.3. The van der Waals surface area contributed by atoms with Gasteiger partial charge in [-0.25, -0.2) is 4.98 Å². The predicted octanol–water partition coefficient (Wildman–Crippen LogP) is 2.69. The van der Waals surface area contributed by atoms with Crippen molar-refractivity contribution in [3.05, 3.63) is 62.8 Å². The van der Waals surface area contributed by atoms with Gasteiger partial charge in [0, 0.05) is 6.42 Å². The lowest BCUT2D eigenvalue weighted by atomic mass is 10.2. The predicted molar refractivity (Wildman–Crippen MR) is 99.3 cm³/mol. The first kappa shape index (κ1) is 18.5. The maximum absolute atomic E-state index is 12.5. The number of para-hydroxylation sites is 1. The van der Waals surface area contributed by atoms with Crippen molar-refractivity contribution in [3.8, 4) is 6.07 Å². The minimum Gasteiger partial charge on any atom is -0.457 e. The number of nitrogens with zero attached hydrogens (tertiary/aromatic N) is 3. The highest BCUT2D eigenvalue weighted by Crippen LogP contribution is 2.13. The molecule has 0 aliphatic carbocycles. The van der Waals surface area contributed by atoms with E-state index < -0.39 is 5.97 Å². The van der Waals surface area contributed by atoms with Gasteiger partial charge >= 0.3 is 5.97 Å². The molecule has 3 rings (SSSR count). The Morgan fingerprint density at radius 3 is 2.74 bits per heavy atom. The van der Waals surface area contributed by atoms with Gasteiger partial charge in [0.15, 0.2) is 11.6 Å². The minimum atomic E-state index is -0.564. The fourth-order valence-corrected chi connectivity index (χ4v) is 3.25. The molecule has 7 nitrogen and oxygen atoms in total. The smallest absolute Gasteiger partial charge is 0.306 e. The lowest BCUT2D eigenvalue weighted by Crippen LogP contribution is -2.26. The van der Waals surface area contributed by atoms with Crippen molar-refractivity contribution in [2.75, 3.05) is 0 Å². The second-order valence-corrected chi connectivity index (χ2v) is 6.60. The Hall–Kier alpha value is -3.31. The van der Waals surface area contributed by atoms with Crippen LogP contribution in [0.1, 0.15) is 28.3 Å². The molecule has 0 fully saturated rings. The first-order valence-corrected chi connectivity index (χ1v) is 9.06. The number of benzene rings is 1. The first-order chi connectivity index (χ1) is 13.1. The highest BCUT2D eigenvalue weighted by molar-refractivity contribution is 7.12. The number of carbonyl (C=O) groups is 2. The lowest BCUT2D eigenvalue weighted by Gasteiger charge is -2.11. The molecule has 2 heterocycles. The number of ketones is 1. The van der Waals surface area contributed by atoms with Gasteiger partial charge in [-0.05, 0) is 23.6 Å². The van der Waals surface area contributed by atoms with Crippen LogP contribution >= 0.6 is 11.3 Å². The molecular formula is C19H15N3O4S. The number of ether oxygens (including phenoxy) is 1. The Morgan fingerprint density at radius 2 is 2.00 bits per heavy atom. The molecule has 0 aliphatic rings. The molecule has 0 unspecified atom stereocenters. The highest BCUT2D eigenvalue weighted by Gasteiger charge is 2.14. The van der Waals surface area contributed by atoms with E-state index in [4.69, 9.17) is 10.00 Å². The average molecular weight is 381 g/mol. The van der Waals surface area contributed by atoms with Crippen LogP contribution in [0, 0.1) is 11.3 Å². The summed E-state index contributed by atoms with van der Waals surface area (Å²) in [5, 5.41) is 11.2. The zero-order valence-corrected chi connectivity index (χ0v) is 15.1. The molecule has 0 saturated carbocycles. The van der Waals surface area contributed by atoms with Crippen LogP contribution in [0.5, 0.6) is 0 Å². The monoisotopic (exact) mass is 381 g/mol. The summed E-state index contributed by atoms with van der Waals surface area (Å²) in [6, 6.07) is 12.2. The Balaban J connectivity index is 1.69. The van der Waals surface area contributed by atoms with Crippen LogP contribution in [0.15, 0.2) is 46.6 Å². The molecule has 0 bridgehead atoms. The van der Waals surface area contributed by atoms with E-state index in [-0.39, 0.29) is 43.2 Å². The van der Waals surface area contributed by atoms with Crippen molar-refractivity contribution in [2.24, 2.45) is 0 Å². The van der Waals surface area contributed by atoms with E-state index >= 15 is 0 Å². The largest absolute Gasteiger partial charge is 0.457 e. The Labute approximate surface area is 158 Å². The fraction of sp³-hybridized carbons (Fsp3) is 0.211. The number of fused-ring (bicyclic) bond motifs is 1. The fourth-order valence-electron chi connectivity index (χ4n) is 2.55. The molecule has 1 aromatic carbocycles. The van der Waals surface area contributed by atoms with Crippen LogP contribution < -0.4 is 5.56 Å². The van der Waals surface area contributed by atoms with Gasteiger partial charge in [-0.15, -0.1) is 11.3 Å². The van der Waals surface area contributed by atoms with E-state index in [1.165, 1.54) is 15.9 Å². The number of aromatic nitrogens is 2. The highest BCUT2D eigenvalue weighted by atomic mass is 32.1. The summed E-state index contributed by atoms with van der Waals surface area (Å²) >= 11 is 1.32. The van der Waals surface area contributed by atoms with Crippen molar-refractivity contribution >= 4 is 34.0 Å². The summed E-state index contributed by atoms with van der Waals surface area (Å²) in [6.45, 7) is -0.436. The van der Waals surface area contributed by atoms with Gasteiger partial charge < -0.3 is 4.74 Å². The summed E-state index contributed by atoms with van der Waals surface area (Å²) in [6.07, 6.45) is -0.0116. The molecule has 2 aromatic heterocycles. The zero-order chi connectivity index (χ0) is 19.2. The molecule has 136 valence electrons. The van der Waals surface area contributed by atoms with Crippen molar-refractivity contribution in [3.63, 3.8) is 0 Å². The summed E-state index contributed by atoms with van der Waals surface area (Å²) < 4.78 is 6.35. The van der Waals surface area contributed by atoms with Gasteiger partial charge in [0.05, 0.1) is 28.3 Å². The number of carbonyl (C=O) groups excluding carboxylic acids is 2. The van der Waals surface area contributed by atoms with Gasteiger partial charge in [-0.1, -0.05) is 18.2 Å². The van der Waals surface area contributed by atoms with Crippen LogP contribution in [0.2, 0.25) is 0 Å². The van der Waals surface area contributed by atoms with E-state index in [9.17, 15) is 14.4 Å². The molecule has 27 heavy (non-hydrogen) atoms. The summed E-state index contributed by atoms with van der Waals surface area (Å²) in [5.41, 5.74) is 0.108. The zero-order valence-electron chi connectivity index (χ0n) is 14.3. The second-order valence-electron chi connectivity index (χ2n) is 5.66. The number of esters is 1. The van der Waals surface area contributed by atoms with Crippen molar-refractivity contribution in [1.29, 1.82) is 5.26 Å². The van der Waals surface area contributed by atoms with Gasteiger partial charge in [0.1, 0.15) is 13.2 Å². The van der Waals surface area contributed by atoms with E-state index in [2.05, 4.69) is 4.98 Å². The number of thiophene rings is 1. The summed E-state index contributed by atoms with van der Waals surface area (Å²) in [5.74, 6) is -0.490. The van der Waals surface area contributed by atoms with Gasteiger partial charge in [-0.2, -0.15) is 5.26 Å². The molecule has 0 amide bonds. The molecule has 0 aliphatic heterocycles. The second kappa shape index (κ2) is 8.38. The molecule has 8 heteroatoms. The maximum Gasteiger partial charge on any atom is 0.306 e. The number of nitriles is 1. The quantitative estimate of drug-likeness (QED) is 0.461. The molecule has 0 radical (unpaired) electrons. The standard InChI is InChI=1S/C19H15N3O4S/c20-9-10-22-17(21-14-5-2-1-4-13(14)19(22)25)12-26-18(24)8-7-15(23)16-6-3-11-27-16/h1-6,11H,7-8,10,12H2. The molecule has 0 atom stereocenters. The van der Waals surface area contributed by atoms with Crippen LogP contribution in [0.25, 0.3) is 10.9 Å². The Kier molecular flexibility index (Phi) is 5.74. The summed E-state index contributed by atoms with van der Waals surface area (Å²) in [7, 11) is 0. The molecule has 0 N–H and O–H groups in total. The normalized spacial score (nSPS) is 10.5. The third kappa shape index (κ3) is 4.27. The van der Waals surface area contributed by atoms with E-state index in [1.807, 2.05) is 6.07 Å². The molecule has 0 spiro atoms. The number of hydrogen-bond acceptors (Lipinski definition) is 7. The van der Waals surface area contributed by atoms with E-state index in [0.29, 0.717) is 15.8 Å². The number of rotatable bonds is 7. The Morgan fingerprint density at radius 1 is 1.19 bits per heavy atom. The van der Waals surface area contributed by atoms with E-state index in [0.717, 1.165) is 0 Å². The topological polar surface area (TPSA) is 102 Å². The number of hydrogen-bond donors (Lipinski definition) is 0. The lowest BCUT2D eigenvalue weighted by molar-refractivity contribution is -0.145. The molecule has 0 saturated heterocycles. The number of Topliss-reactive ketones (excluding diaryl/α,β-unsaturated/α-hetero) is 1. The minimum absolute atomic E-state index is 0.0511. The molecule has 3 aromatic rings. The van der Waals surface area contributed by atoms with Crippen molar-refractivity contribution < 1.29 is 14.3 Å². The van der Waals surface area contributed by atoms with Crippen LogP contribution in [0.3, 0.4) is 0 Å². The third-order valence-electron chi connectivity index (χ3n) is 3.88. The van der Waals surface area contributed by atoms with Gasteiger partial charge in [-0.3, -0.25) is 19.0 Å². The Bertz CT molecular complexity index is 1080. The van der Waals surface area contributed by atoms with Crippen molar-refractivity contribution in [1.82, 2.24) is 9.55 Å². The van der Waals surface area contributed by atoms with Crippen LogP contribution in [-0.2, 0) is 22.7 Å². The first-order valence-electron chi connectivity index (χ1n) is 8.18. The van der Waals surface area contributed by atoms with Gasteiger partial charge in [0.2, 0.25) is 0 Å². The van der Waals surface area contributed by atoms with Crippen LogP contribution in [-0.4, -0.2) is 21.3 Å². The SMILES string of the molecule is N#CCn1c(COC(=O)CCC(=O)c2cccs2)nc2ccccc2c1=O. The maximum atomic E-state index is 12.5.